The Balaban J connectivity index is 1.64. The highest BCUT2D eigenvalue weighted by Gasteiger charge is 2.24. The zero-order chi connectivity index (χ0) is 18.3. The molecule has 1 N–H and O–H groups in total. The molecule has 7 heteroatoms. The number of amides is 1. The molecule has 3 aromatic rings. The second-order valence-corrected chi connectivity index (χ2v) is 7.24. The first kappa shape index (κ1) is 16.9. The smallest absolute Gasteiger partial charge is 0.351 e. The van der Waals surface area contributed by atoms with E-state index in [0.29, 0.717) is 18.2 Å². The molecule has 0 saturated heterocycles. The number of hydrogen-bond donors (Lipinski definition) is 1. The molecular formula is C19H25N5O2. The van der Waals surface area contributed by atoms with Gasteiger partial charge >= 0.3 is 5.69 Å². The molecule has 1 fully saturated rings. The molecule has 0 radical (unpaired) electrons. The van der Waals surface area contributed by atoms with Crippen LogP contribution in [0.5, 0.6) is 0 Å². The molecule has 0 aliphatic heterocycles. The largest absolute Gasteiger partial charge is 0.352 e. The van der Waals surface area contributed by atoms with Gasteiger partial charge in [0, 0.05) is 12.6 Å². The van der Waals surface area contributed by atoms with Crippen LogP contribution in [0.4, 0.5) is 0 Å². The van der Waals surface area contributed by atoms with Gasteiger partial charge in [0.05, 0.1) is 11.0 Å². The Labute approximate surface area is 151 Å². The molecule has 2 atom stereocenters. The van der Waals surface area contributed by atoms with E-state index >= 15 is 0 Å². The van der Waals surface area contributed by atoms with Gasteiger partial charge in [0.1, 0.15) is 6.54 Å². The van der Waals surface area contributed by atoms with Crippen LogP contribution < -0.4 is 11.0 Å². The molecule has 0 unspecified atom stereocenters. The number of carbonyl (C=O) groups excluding carboxylic acids is 1. The number of nitrogens with zero attached hydrogens (tertiary/aromatic N) is 4. The number of carbonyl (C=O) groups is 1. The minimum Gasteiger partial charge on any atom is -0.351 e. The Kier molecular flexibility index (Phi) is 4.30. The Bertz CT molecular complexity index is 1010. The van der Waals surface area contributed by atoms with Crippen LogP contribution in [0.1, 0.15) is 39.5 Å². The van der Waals surface area contributed by atoms with Crippen molar-refractivity contribution in [2.45, 2.75) is 58.7 Å². The zero-order valence-electron chi connectivity index (χ0n) is 15.3. The van der Waals surface area contributed by atoms with Gasteiger partial charge in [0.15, 0.2) is 0 Å². The quantitative estimate of drug-likeness (QED) is 0.779. The summed E-state index contributed by atoms with van der Waals surface area (Å²) >= 11 is 0. The van der Waals surface area contributed by atoms with E-state index in [4.69, 9.17) is 0 Å². The topological polar surface area (TPSA) is 73.3 Å². The maximum Gasteiger partial charge on any atom is 0.352 e. The highest BCUT2D eigenvalue weighted by Crippen LogP contribution is 2.23. The molecule has 1 aliphatic carbocycles. The highest BCUT2D eigenvalue weighted by atomic mass is 16.2. The molecular weight excluding hydrogens is 330 g/mol. The summed E-state index contributed by atoms with van der Waals surface area (Å²) in [6.07, 6.45) is 4.54. The monoisotopic (exact) mass is 355 g/mol. The number of nitrogens with one attached hydrogen (secondary N) is 1. The Hall–Kier alpha value is -2.57. The van der Waals surface area contributed by atoms with E-state index in [1.807, 2.05) is 35.8 Å². The van der Waals surface area contributed by atoms with Crippen molar-refractivity contribution >= 4 is 22.7 Å². The fraction of sp³-hybridized carbons (Fsp3) is 0.526. The minimum absolute atomic E-state index is 0.0399. The molecule has 1 aromatic carbocycles. The van der Waals surface area contributed by atoms with E-state index in [-0.39, 0.29) is 24.2 Å². The highest BCUT2D eigenvalue weighted by molar-refractivity contribution is 5.81. The van der Waals surface area contributed by atoms with Gasteiger partial charge in [-0.1, -0.05) is 31.9 Å². The number of hydrogen-bond acceptors (Lipinski definition) is 3. The van der Waals surface area contributed by atoms with Gasteiger partial charge in [-0.05, 0) is 37.8 Å². The van der Waals surface area contributed by atoms with Crippen LogP contribution in [-0.4, -0.2) is 30.7 Å². The van der Waals surface area contributed by atoms with Gasteiger partial charge in [0.2, 0.25) is 11.7 Å². The van der Waals surface area contributed by atoms with Crippen LogP contribution in [0.15, 0.2) is 29.1 Å². The van der Waals surface area contributed by atoms with E-state index in [2.05, 4.69) is 17.3 Å². The molecule has 4 rings (SSSR count). The van der Waals surface area contributed by atoms with Crippen molar-refractivity contribution in [1.82, 2.24) is 24.1 Å². The summed E-state index contributed by atoms with van der Waals surface area (Å²) in [6.45, 7) is 4.87. The van der Waals surface area contributed by atoms with Crippen molar-refractivity contribution in [2.24, 2.45) is 5.92 Å². The van der Waals surface area contributed by atoms with Gasteiger partial charge in [-0.2, -0.15) is 0 Å². The zero-order valence-corrected chi connectivity index (χ0v) is 15.3. The van der Waals surface area contributed by atoms with Gasteiger partial charge < -0.3 is 9.88 Å². The van der Waals surface area contributed by atoms with E-state index in [1.54, 1.807) is 4.40 Å². The summed E-state index contributed by atoms with van der Waals surface area (Å²) in [5.74, 6) is 0.926. The molecule has 1 amide bonds. The van der Waals surface area contributed by atoms with E-state index < -0.39 is 0 Å². The molecule has 26 heavy (non-hydrogen) atoms. The molecule has 0 spiro atoms. The third-order valence-electron chi connectivity index (χ3n) is 5.54. The predicted octanol–water partition coefficient (Wildman–Crippen LogP) is 2.17. The molecule has 138 valence electrons. The fourth-order valence-electron chi connectivity index (χ4n) is 4.11. The van der Waals surface area contributed by atoms with Crippen molar-refractivity contribution in [1.29, 1.82) is 0 Å². The standard InChI is InChI=1S/C19H25N5O2/c1-3-22-15-10-6-7-11-16(15)24-18(22)21-23(19(24)26)12-17(25)20-14-9-5-4-8-13(14)2/h6-7,10-11,13-14H,3-5,8-9,12H2,1-2H3,(H,20,25)/t13-,14-/m1/s1. The number of para-hydroxylation sites is 2. The van der Waals surface area contributed by atoms with Crippen molar-refractivity contribution in [3.05, 3.63) is 34.7 Å². The van der Waals surface area contributed by atoms with Crippen LogP contribution in [0.25, 0.3) is 16.8 Å². The minimum atomic E-state index is -0.268. The van der Waals surface area contributed by atoms with Crippen LogP contribution in [-0.2, 0) is 17.9 Å². The maximum absolute atomic E-state index is 12.8. The summed E-state index contributed by atoms with van der Waals surface area (Å²) in [5, 5.41) is 7.53. The number of rotatable bonds is 4. The second-order valence-electron chi connectivity index (χ2n) is 7.24. The van der Waals surface area contributed by atoms with Crippen LogP contribution in [0, 0.1) is 5.92 Å². The van der Waals surface area contributed by atoms with Crippen LogP contribution in [0.2, 0.25) is 0 Å². The summed E-state index contributed by atoms with van der Waals surface area (Å²) in [4.78, 5) is 25.3. The Morgan fingerprint density at radius 3 is 2.69 bits per heavy atom. The fourth-order valence-corrected chi connectivity index (χ4v) is 4.11. The van der Waals surface area contributed by atoms with E-state index in [1.165, 1.54) is 11.1 Å². The van der Waals surface area contributed by atoms with Gasteiger partial charge in [-0.3, -0.25) is 4.79 Å². The average Bonchev–Trinajstić information content (AvgIpc) is 3.11. The SMILES string of the molecule is CCn1c2ccccc2n2c(=O)n(CC(=O)N[C@@H]3CCCC[C@H]3C)nc12. The van der Waals surface area contributed by atoms with E-state index in [0.717, 1.165) is 30.3 Å². The summed E-state index contributed by atoms with van der Waals surface area (Å²) in [7, 11) is 0. The molecule has 0 bridgehead atoms. The third-order valence-corrected chi connectivity index (χ3v) is 5.54. The summed E-state index contributed by atoms with van der Waals surface area (Å²) in [6, 6.07) is 7.95. The summed E-state index contributed by atoms with van der Waals surface area (Å²) in [5.41, 5.74) is 1.53. The summed E-state index contributed by atoms with van der Waals surface area (Å²) < 4.78 is 4.86. The lowest BCUT2D eigenvalue weighted by molar-refractivity contribution is -0.123. The lowest BCUT2D eigenvalue weighted by Crippen LogP contribution is -2.43. The Morgan fingerprint density at radius 1 is 1.23 bits per heavy atom. The van der Waals surface area contributed by atoms with Crippen molar-refractivity contribution in [3.63, 3.8) is 0 Å². The average molecular weight is 355 g/mol. The molecule has 7 nitrogen and oxygen atoms in total. The number of aromatic nitrogens is 4. The lowest BCUT2D eigenvalue weighted by atomic mass is 9.86. The van der Waals surface area contributed by atoms with Gasteiger partial charge in [-0.15, -0.1) is 5.10 Å². The number of aryl methyl sites for hydroxylation is 1. The number of benzene rings is 1. The molecule has 1 saturated carbocycles. The van der Waals surface area contributed by atoms with Gasteiger partial charge in [-0.25, -0.2) is 13.9 Å². The van der Waals surface area contributed by atoms with Crippen LogP contribution >= 0.6 is 0 Å². The van der Waals surface area contributed by atoms with Crippen molar-refractivity contribution < 1.29 is 4.79 Å². The number of imidazole rings is 1. The first-order valence-electron chi connectivity index (χ1n) is 9.46. The van der Waals surface area contributed by atoms with Crippen molar-refractivity contribution in [3.8, 4) is 0 Å². The van der Waals surface area contributed by atoms with E-state index in [9.17, 15) is 9.59 Å². The second kappa shape index (κ2) is 6.63. The molecule has 2 aromatic heterocycles. The van der Waals surface area contributed by atoms with Crippen LogP contribution in [0.3, 0.4) is 0 Å². The first-order chi connectivity index (χ1) is 12.6. The number of fused-ring (bicyclic) bond motifs is 3. The van der Waals surface area contributed by atoms with Crippen molar-refractivity contribution in [2.75, 3.05) is 0 Å². The maximum atomic E-state index is 12.8. The Morgan fingerprint density at radius 2 is 1.96 bits per heavy atom. The van der Waals surface area contributed by atoms with Gasteiger partial charge in [0.25, 0.3) is 0 Å². The third kappa shape index (κ3) is 2.71. The predicted molar refractivity (Wildman–Crippen MR) is 100 cm³/mol. The molecule has 1 aliphatic rings. The lowest BCUT2D eigenvalue weighted by Gasteiger charge is -2.29. The molecule has 2 heterocycles. The normalized spacial score (nSPS) is 20.7. The first-order valence-corrected chi connectivity index (χ1v) is 9.46.